The molecular weight excluding hydrogens is 208 g/mol. The molecule has 1 aromatic rings. The first kappa shape index (κ1) is 11.6. The highest BCUT2D eigenvalue weighted by Gasteiger charge is 2.02. The second-order valence-corrected chi connectivity index (χ2v) is 2.84. The van der Waals surface area contributed by atoms with Gasteiger partial charge in [0.1, 0.15) is 5.75 Å². The number of nitrogens with one attached hydrogen (secondary N) is 1. The van der Waals surface area contributed by atoms with Crippen LogP contribution in [0.25, 0.3) is 0 Å². The molecule has 0 fully saturated rings. The highest BCUT2D eigenvalue weighted by atomic mass is 16.5. The minimum absolute atomic E-state index is 0.476. The average Bonchev–Trinajstić information content (AvgIpc) is 2.29. The largest absolute Gasteiger partial charge is 0.495 e. The summed E-state index contributed by atoms with van der Waals surface area (Å²) in [6.45, 7) is 0. The van der Waals surface area contributed by atoms with E-state index in [1.165, 1.54) is 13.3 Å². The lowest BCUT2D eigenvalue weighted by atomic mass is 10.2. The molecule has 0 aromatic heterocycles. The first-order valence-electron chi connectivity index (χ1n) is 4.41. The molecule has 0 aliphatic heterocycles. The summed E-state index contributed by atoms with van der Waals surface area (Å²) in [5, 5.41) is 19.8. The molecule has 0 amide bonds. The van der Waals surface area contributed by atoms with Crippen molar-refractivity contribution < 1.29 is 14.6 Å². The molecule has 5 nitrogen and oxygen atoms in total. The number of carboxylic acids is 1. The summed E-state index contributed by atoms with van der Waals surface area (Å²) >= 11 is 0. The van der Waals surface area contributed by atoms with E-state index in [0.29, 0.717) is 17.0 Å². The van der Waals surface area contributed by atoms with Gasteiger partial charge in [0.25, 0.3) is 0 Å². The molecule has 0 bridgehead atoms. The Morgan fingerprint density at radius 1 is 1.62 bits per heavy atom. The lowest BCUT2D eigenvalue weighted by Gasteiger charge is -2.07. The van der Waals surface area contributed by atoms with Crippen molar-refractivity contribution in [2.45, 2.75) is 0 Å². The summed E-state index contributed by atoms with van der Waals surface area (Å²) in [6, 6.07) is 6.80. The molecule has 2 N–H and O–H groups in total. The number of rotatable bonds is 4. The monoisotopic (exact) mass is 218 g/mol. The highest BCUT2D eigenvalue weighted by molar-refractivity contribution is 5.80. The van der Waals surface area contributed by atoms with Crippen LogP contribution in [0, 0.1) is 11.3 Å². The minimum atomic E-state index is -1.04. The molecule has 16 heavy (non-hydrogen) atoms. The molecule has 0 heterocycles. The molecule has 82 valence electrons. The van der Waals surface area contributed by atoms with Crippen molar-refractivity contribution in [1.82, 2.24) is 0 Å². The molecule has 0 spiro atoms. The number of carboxylic acid groups (broad SMARTS) is 1. The number of anilines is 1. The van der Waals surface area contributed by atoms with Gasteiger partial charge in [-0.3, -0.25) is 0 Å². The first-order valence-corrected chi connectivity index (χ1v) is 4.41. The van der Waals surface area contributed by atoms with Crippen molar-refractivity contribution in [3.05, 3.63) is 36.0 Å². The number of hydrogen-bond donors (Lipinski definition) is 2. The van der Waals surface area contributed by atoms with Gasteiger partial charge in [-0.1, -0.05) is 0 Å². The number of ether oxygens (including phenoxy) is 1. The van der Waals surface area contributed by atoms with E-state index in [9.17, 15) is 4.79 Å². The highest BCUT2D eigenvalue weighted by Crippen LogP contribution is 2.25. The standard InChI is InChI=1S/C11H10N2O3/c1-16-10-6-8(7-12)2-3-9(10)13-5-4-11(14)15/h2-6,13H,1H3,(H,14,15)/b5-4+. The maximum atomic E-state index is 10.2. The predicted molar refractivity (Wildman–Crippen MR) is 58.1 cm³/mol. The van der Waals surface area contributed by atoms with Crippen LogP contribution < -0.4 is 10.1 Å². The molecule has 5 heteroatoms. The Labute approximate surface area is 92.6 Å². The third kappa shape index (κ3) is 3.03. The summed E-state index contributed by atoms with van der Waals surface area (Å²) in [7, 11) is 1.47. The number of carbonyl (C=O) groups is 1. The SMILES string of the molecule is COc1cc(C#N)ccc1N/C=C/C(=O)O. The summed E-state index contributed by atoms with van der Waals surface area (Å²) in [6.07, 6.45) is 2.25. The molecule has 0 aliphatic rings. The van der Waals surface area contributed by atoms with Gasteiger partial charge in [0.2, 0.25) is 0 Å². The Balaban J connectivity index is 2.88. The van der Waals surface area contributed by atoms with Crippen molar-refractivity contribution in [3.63, 3.8) is 0 Å². The fraction of sp³-hybridized carbons (Fsp3) is 0.0909. The van der Waals surface area contributed by atoms with Crippen LogP contribution in [-0.2, 0) is 4.79 Å². The van der Waals surface area contributed by atoms with Crippen molar-refractivity contribution in [3.8, 4) is 11.8 Å². The second kappa shape index (κ2) is 5.41. The Bertz CT molecular complexity index is 461. The molecule has 0 saturated heterocycles. The Morgan fingerprint density at radius 2 is 2.38 bits per heavy atom. The van der Waals surface area contributed by atoms with Gasteiger partial charge >= 0.3 is 5.97 Å². The molecule has 0 radical (unpaired) electrons. The fourth-order valence-corrected chi connectivity index (χ4v) is 1.08. The van der Waals surface area contributed by atoms with E-state index < -0.39 is 5.97 Å². The average molecular weight is 218 g/mol. The lowest BCUT2D eigenvalue weighted by molar-refractivity contribution is -0.131. The van der Waals surface area contributed by atoms with Crippen LogP contribution in [0.5, 0.6) is 5.75 Å². The molecule has 1 rings (SSSR count). The number of methoxy groups -OCH3 is 1. The number of benzene rings is 1. The molecular formula is C11H10N2O3. The minimum Gasteiger partial charge on any atom is -0.495 e. The van der Waals surface area contributed by atoms with Crippen molar-refractivity contribution in [1.29, 1.82) is 5.26 Å². The lowest BCUT2D eigenvalue weighted by Crippen LogP contribution is -1.95. The Hall–Kier alpha value is -2.48. The van der Waals surface area contributed by atoms with Crippen LogP contribution in [0.2, 0.25) is 0 Å². The summed E-state index contributed by atoms with van der Waals surface area (Å²) in [5.41, 5.74) is 1.07. The molecule has 0 atom stereocenters. The summed E-state index contributed by atoms with van der Waals surface area (Å²) in [4.78, 5) is 10.2. The summed E-state index contributed by atoms with van der Waals surface area (Å²) in [5.74, 6) is -0.561. The van der Waals surface area contributed by atoms with E-state index in [2.05, 4.69) is 5.32 Å². The van der Waals surface area contributed by atoms with E-state index in [1.807, 2.05) is 6.07 Å². The van der Waals surface area contributed by atoms with Crippen molar-refractivity contribution >= 4 is 11.7 Å². The van der Waals surface area contributed by atoms with Crippen molar-refractivity contribution in [2.75, 3.05) is 12.4 Å². The van der Waals surface area contributed by atoms with E-state index in [-0.39, 0.29) is 0 Å². The van der Waals surface area contributed by atoms with Crippen LogP contribution in [0.4, 0.5) is 5.69 Å². The predicted octanol–water partition coefficient (Wildman–Crippen LogP) is 1.58. The number of nitrogens with zero attached hydrogens (tertiary/aromatic N) is 1. The Morgan fingerprint density at radius 3 is 2.94 bits per heavy atom. The van der Waals surface area contributed by atoms with E-state index >= 15 is 0 Å². The first-order chi connectivity index (χ1) is 7.67. The number of hydrogen-bond acceptors (Lipinski definition) is 4. The third-order valence-electron chi connectivity index (χ3n) is 1.80. The quantitative estimate of drug-likeness (QED) is 0.749. The Kier molecular flexibility index (Phi) is 3.92. The molecule has 0 saturated carbocycles. The van der Waals surface area contributed by atoms with Crippen molar-refractivity contribution in [2.24, 2.45) is 0 Å². The van der Waals surface area contributed by atoms with Gasteiger partial charge in [-0.15, -0.1) is 0 Å². The van der Waals surface area contributed by atoms with Gasteiger partial charge in [-0.05, 0) is 12.1 Å². The van der Waals surface area contributed by atoms with Gasteiger partial charge in [0.15, 0.2) is 0 Å². The van der Waals surface area contributed by atoms with E-state index in [0.717, 1.165) is 6.08 Å². The number of aliphatic carboxylic acids is 1. The second-order valence-electron chi connectivity index (χ2n) is 2.84. The van der Waals surface area contributed by atoms with Crippen LogP contribution in [0.1, 0.15) is 5.56 Å². The fourth-order valence-electron chi connectivity index (χ4n) is 1.08. The van der Waals surface area contributed by atoms with E-state index in [1.54, 1.807) is 18.2 Å². The zero-order chi connectivity index (χ0) is 12.0. The van der Waals surface area contributed by atoms with Gasteiger partial charge in [0.05, 0.1) is 24.4 Å². The topological polar surface area (TPSA) is 82.3 Å². The smallest absolute Gasteiger partial charge is 0.329 e. The summed E-state index contributed by atoms with van der Waals surface area (Å²) < 4.78 is 5.05. The van der Waals surface area contributed by atoms with Gasteiger partial charge in [0, 0.05) is 18.3 Å². The molecule has 1 aromatic carbocycles. The molecule has 0 unspecified atom stereocenters. The maximum Gasteiger partial charge on any atom is 0.329 e. The van der Waals surface area contributed by atoms with E-state index in [4.69, 9.17) is 15.1 Å². The number of nitriles is 1. The zero-order valence-electron chi connectivity index (χ0n) is 8.60. The third-order valence-corrected chi connectivity index (χ3v) is 1.80. The van der Waals surface area contributed by atoms with Crippen LogP contribution >= 0.6 is 0 Å². The van der Waals surface area contributed by atoms with Crippen LogP contribution in [0.15, 0.2) is 30.5 Å². The molecule has 0 aliphatic carbocycles. The normalized spacial score (nSPS) is 9.75. The van der Waals surface area contributed by atoms with Crippen LogP contribution in [-0.4, -0.2) is 18.2 Å². The van der Waals surface area contributed by atoms with Gasteiger partial charge < -0.3 is 15.2 Å². The maximum absolute atomic E-state index is 10.2. The van der Waals surface area contributed by atoms with Gasteiger partial charge in [-0.25, -0.2) is 4.79 Å². The zero-order valence-corrected chi connectivity index (χ0v) is 8.60. The van der Waals surface area contributed by atoms with Gasteiger partial charge in [-0.2, -0.15) is 5.26 Å². The van der Waals surface area contributed by atoms with Crippen LogP contribution in [0.3, 0.4) is 0 Å².